The smallest absolute Gasteiger partial charge is 0.254 e. The number of nitrogens with zero attached hydrogens (tertiary/aromatic N) is 2. The van der Waals surface area contributed by atoms with Gasteiger partial charge in [-0.1, -0.05) is 29.8 Å². The summed E-state index contributed by atoms with van der Waals surface area (Å²) in [5, 5.41) is 0.455. The van der Waals surface area contributed by atoms with Crippen molar-refractivity contribution in [1.82, 2.24) is 9.80 Å². The molecule has 0 aliphatic heterocycles. The van der Waals surface area contributed by atoms with Gasteiger partial charge in [-0.3, -0.25) is 9.59 Å². The lowest BCUT2D eigenvalue weighted by atomic mass is 10.1. The third kappa shape index (κ3) is 6.18. The SMILES string of the molecule is CC(C)N(CC(=O)N(Cc1ccc(F)cc1)Cc1ccco1)C(=O)c1cccc(Cl)c1. The number of hydrogen-bond acceptors (Lipinski definition) is 3. The molecule has 0 spiro atoms. The van der Waals surface area contributed by atoms with Crippen LogP contribution in [0.25, 0.3) is 0 Å². The van der Waals surface area contributed by atoms with Gasteiger partial charge in [-0.25, -0.2) is 4.39 Å². The van der Waals surface area contributed by atoms with Crippen LogP contribution in [0.3, 0.4) is 0 Å². The zero-order valence-corrected chi connectivity index (χ0v) is 18.2. The summed E-state index contributed by atoms with van der Waals surface area (Å²) < 4.78 is 18.7. The molecule has 162 valence electrons. The predicted molar refractivity (Wildman–Crippen MR) is 117 cm³/mol. The summed E-state index contributed by atoms with van der Waals surface area (Å²) in [4.78, 5) is 29.4. The van der Waals surface area contributed by atoms with Crippen molar-refractivity contribution in [2.24, 2.45) is 0 Å². The number of carbonyl (C=O) groups excluding carboxylic acids is 2. The monoisotopic (exact) mass is 442 g/mol. The Labute approximate surface area is 186 Å². The van der Waals surface area contributed by atoms with Gasteiger partial charge in [0.05, 0.1) is 12.8 Å². The molecule has 3 rings (SSSR count). The molecule has 2 aromatic carbocycles. The summed E-state index contributed by atoms with van der Waals surface area (Å²) in [7, 11) is 0. The van der Waals surface area contributed by atoms with E-state index in [9.17, 15) is 14.0 Å². The molecule has 0 unspecified atom stereocenters. The lowest BCUT2D eigenvalue weighted by Gasteiger charge is -2.30. The van der Waals surface area contributed by atoms with Gasteiger partial charge in [-0.05, 0) is 61.9 Å². The van der Waals surface area contributed by atoms with Gasteiger partial charge in [-0.15, -0.1) is 0 Å². The molecule has 31 heavy (non-hydrogen) atoms. The van der Waals surface area contributed by atoms with Gasteiger partial charge in [0.15, 0.2) is 0 Å². The molecule has 5 nitrogen and oxygen atoms in total. The highest BCUT2D eigenvalue weighted by Crippen LogP contribution is 2.16. The predicted octanol–water partition coefficient (Wildman–Crippen LogP) is 5.15. The molecule has 0 saturated carbocycles. The van der Waals surface area contributed by atoms with Gasteiger partial charge in [0, 0.05) is 23.2 Å². The highest BCUT2D eigenvalue weighted by atomic mass is 35.5. The second-order valence-electron chi connectivity index (χ2n) is 7.49. The maximum atomic E-state index is 13.3. The van der Waals surface area contributed by atoms with E-state index in [1.165, 1.54) is 17.0 Å². The second-order valence-corrected chi connectivity index (χ2v) is 7.93. The molecule has 0 aliphatic carbocycles. The van der Waals surface area contributed by atoms with Crippen molar-refractivity contribution >= 4 is 23.4 Å². The third-order valence-electron chi connectivity index (χ3n) is 4.83. The maximum Gasteiger partial charge on any atom is 0.254 e. The number of halogens is 2. The van der Waals surface area contributed by atoms with E-state index in [4.69, 9.17) is 16.0 Å². The van der Waals surface area contributed by atoms with Crippen molar-refractivity contribution in [3.8, 4) is 0 Å². The first-order valence-electron chi connectivity index (χ1n) is 9.94. The van der Waals surface area contributed by atoms with E-state index in [2.05, 4.69) is 0 Å². The van der Waals surface area contributed by atoms with Gasteiger partial charge >= 0.3 is 0 Å². The molecule has 0 fully saturated rings. The van der Waals surface area contributed by atoms with Crippen LogP contribution < -0.4 is 0 Å². The zero-order valence-electron chi connectivity index (χ0n) is 17.4. The summed E-state index contributed by atoms with van der Waals surface area (Å²) in [5.74, 6) is -0.242. The van der Waals surface area contributed by atoms with Crippen LogP contribution in [0.4, 0.5) is 4.39 Å². The first-order valence-corrected chi connectivity index (χ1v) is 10.3. The molecule has 0 N–H and O–H groups in total. The van der Waals surface area contributed by atoms with Crippen molar-refractivity contribution in [3.05, 3.63) is 94.7 Å². The van der Waals surface area contributed by atoms with E-state index in [0.29, 0.717) is 16.3 Å². The van der Waals surface area contributed by atoms with E-state index in [1.807, 2.05) is 13.8 Å². The first-order chi connectivity index (χ1) is 14.8. The van der Waals surface area contributed by atoms with Crippen LogP contribution in [0.15, 0.2) is 71.3 Å². The quantitative estimate of drug-likeness (QED) is 0.484. The second kappa shape index (κ2) is 10.3. The van der Waals surface area contributed by atoms with Crippen LogP contribution in [-0.4, -0.2) is 34.2 Å². The number of benzene rings is 2. The Morgan fingerprint density at radius 1 is 1.03 bits per heavy atom. The fourth-order valence-corrected chi connectivity index (χ4v) is 3.35. The molecular weight excluding hydrogens is 419 g/mol. The highest BCUT2D eigenvalue weighted by Gasteiger charge is 2.25. The van der Waals surface area contributed by atoms with E-state index < -0.39 is 0 Å². The summed E-state index contributed by atoms with van der Waals surface area (Å²) in [6.45, 7) is 4.10. The number of hydrogen-bond donors (Lipinski definition) is 0. The van der Waals surface area contributed by atoms with Crippen LogP contribution in [0, 0.1) is 5.82 Å². The molecule has 1 heterocycles. The minimum atomic E-state index is -0.342. The van der Waals surface area contributed by atoms with Gasteiger partial charge in [-0.2, -0.15) is 0 Å². The number of amides is 2. The van der Waals surface area contributed by atoms with E-state index in [1.54, 1.807) is 59.7 Å². The van der Waals surface area contributed by atoms with Crippen molar-refractivity contribution in [2.75, 3.05) is 6.54 Å². The molecule has 0 aliphatic rings. The Kier molecular flexibility index (Phi) is 7.47. The van der Waals surface area contributed by atoms with Crippen molar-refractivity contribution in [2.45, 2.75) is 33.0 Å². The van der Waals surface area contributed by atoms with Gasteiger partial charge in [0.2, 0.25) is 5.91 Å². The summed E-state index contributed by atoms with van der Waals surface area (Å²) in [5.41, 5.74) is 1.20. The zero-order chi connectivity index (χ0) is 22.4. The fraction of sp³-hybridized carbons (Fsp3) is 0.250. The summed E-state index contributed by atoms with van der Waals surface area (Å²) >= 11 is 6.03. The number of carbonyl (C=O) groups is 2. The van der Waals surface area contributed by atoms with Crippen LogP contribution >= 0.6 is 11.6 Å². The van der Waals surface area contributed by atoms with Crippen LogP contribution in [0.2, 0.25) is 5.02 Å². The Balaban J connectivity index is 1.80. The lowest BCUT2D eigenvalue weighted by Crippen LogP contribution is -2.45. The Hall–Kier alpha value is -3.12. The Morgan fingerprint density at radius 3 is 2.39 bits per heavy atom. The normalized spacial score (nSPS) is 10.9. The Bertz CT molecular complexity index is 1020. The molecule has 3 aromatic rings. The van der Waals surface area contributed by atoms with Crippen LogP contribution in [0.1, 0.15) is 35.5 Å². The average molecular weight is 443 g/mol. The molecule has 0 bridgehead atoms. The number of rotatable bonds is 8. The van der Waals surface area contributed by atoms with Gasteiger partial charge < -0.3 is 14.2 Å². The number of furan rings is 1. The highest BCUT2D eigenvalue weighted by molar-refractivity contribution is 6.31. The molecule has 0 atom stereocenters. The molecule has 0 saturated heterocycles. The standard InChI is InChI=1S/C24H24ClFN2O3/c1-17(2)28(24(30)19-5-3-6-20(25)13-19)16-23(29)27(15-22-7-4-12-31-22)14-18-8-10-21(26)11-9-18/h3-13,17H,14-16H2,1-2H3. The third-order valence-corrected chi connectivity index (χ3v) is 5.06. The van der Waals surface area contributed by atoms with Crippen LogP contribution in [-0.2, 0) is 17.9 Å². The van der Waals surface area contributed by atoms with E-state index in [0.717, 1.165) is 5.56 Å². The summed E-state index contributed by atoms with van der Waals surface area (Å²) in [6, 6.07) is 16.0. The largest absolute Gasteiger partial charge is 0.467 e. The lowest BCUT2D eigenvalue weighted by molar-refractivity contribution is -0.133. The minimum Gasteiger partial charge on any atom is -0.467 e. The first kappa shape index (κ1) is 22.6. The molecule has 1 aromatic heterocycles. The van der Waals surface area contributed by atoms with E-state index in [-0.39, 0.29) is 43.3 Å². The van der Waals surface area contributed by atoms with Crippen molar-refractivity contribution in [3.63, 3.8) is 0 Å². The van der Waals surface area contributed by atoms with Crippen LogP contribution in [0.5, 0.6) is 0 Å². The van der Waals surface area contributed by atoms with E-state index >= 15 is 0 Å². The minimum absolute atomic E-state index is 0.106. The topological polar surface area (TPSA) is 53.8 Å². The molecule has 7 heteroatoms. The van der Waals surface area contributed by atoms with Crippen molar-refractivity contribution in [1.29, 1.82) is 0 Å². The molecule has 0 radical (unpaired) electrons. The van der Waals surface area contributed by atoms with Crippen molar-refractivity contribution < 1.29 is 18.4 Å². The fourth-order valence-electron chi connectivity index (χ4n) is 3.16. The summed E-state index contributed by atoms with van der Waals surface area (Å²) in [6.07, 6.45) is 1.54. The molecule has 2 amide bonds. The van der Waals surface area contributed by atoms with Gasteiger partial charge in [0.25, 0.3) is 5.91 Å². The molecular formula is C24H24ClFN2O3. The van der Waals surface area contributed by atoms with Gasteiger partial charge in [0.1, 0.15) is 18.1 Å². The average Bonchev–Trinajstić information content (AvgIpc) is 3.25. The maximum absolute atomic E-state index is 13.3. The Morgan fingerprint density at radius 2 is 1.77 bits per heavy atom.